The fraction of sp³-hybridized carbons (Fsp3) is 0.233. The number of fused-ring (bicyclic) bond motifs is 2. The Kier molecular flexibility index (Phi) is 10.5. The van der Waals surface area contributed by atoms with Crippen molar-refractivity contribution >= 4 is 80.3 Å². The van der Waals surface area contributed by atoms with Crippen molar-refractivity contribution in [2.75, 3.05) is 47.0 Å². The number of carbonyl (C=O) groups is 1. The number of H-pyrrole nitrogens is 2. The molecule has 12 nitrogen and oxygen atoms in total. The van der Waals surface area contributed by atoms with Gasteiger partial charge in [-0.15, -0.1) is 0 Å². The van der Waals surface area contributed by atoms with Gasteiger partial charge in [-0.05, 0) is 80.3 Å². The summed E-state index contributed by atoms with van der Waals surface area (Å²) in [5.41, 5.74) is 7.83. The molecule has 6 heterocycles. The first kappa shape index (κ1) is 36.7. The fourth-order valence-electron chi connectivity index (χ4n) is 7.74. The average Bonchev–Trinajstić information content (AvgIpc) is 3.87. The van der Waals surface area contributed by atoms with E-state index in [0.29, 0.717) is 33.3 Å². The number of amides is 1. The summed E-state index contributed by atoms with van der Waals surface area (Å²) in [6.45, 7) is 3.64. The van der Waals surface area contributed by atoms with Gasteiger partial charge in [0.25, 0.3) is 0 Å². The zero-order chi connectivity index (χ0) is 38.7. The minimum absolute atomic E-state index is 0.154. The molecule has 7 aromatic rings. The molecule has 2 saturated heterocycles. The van der Waals surface area contributed by atoms with Gasteiger partial charge in [-0.2, -0.15) is 0 Å². The summed E-state index contributed by atoms with van der Waals surface area (Å²) in [6, 6.07) is 22.5. The average molecular weight is 799 g/mol. The number of aromatic nitrogens is 6. The van der Waals surface area contributed by atoms with Crippen LogP contribution in [0.3, 0.4) is 0 Å². The molecule has 57 heavy (non-hydrogen) atoms. The Bertz CT molecular complexity index is 2580. The van der Waals surface area contributed by atoms with E-state index >= 15 is 0 Å². The van der Waals surface area contributed by atoms with Crippen molar-refractivity contribution in [1.29, 1.82) is 0 Å². The molecular weight excluding hydrogens is 757 g/mol. The number of nitrogens with one attached hydrogen (secondary N) is 6. The van der Waals surface area contributed by atoms with E-state index in [4.69, 9.17) is 33.2 Å². The Morgan fingerprint density at radius 3 is 2.21 bits per heavy atom. The zero-order valence-electron chi connectivity index (χ0n) is 31.0. The van der Waals surface area contributed by atoms with E-state index in [1.807, 2.05) is 73.1 Å². The second-order valence-corrected chi connectivity index (χ2v) is 15.3. The topological polar surface area (TPSA) is 152 Å². The minimum Gasteiger partial charge on any atom is -0.369 e. The molecule has 288 valence electrons. The van der Waals surface area contributed by atoms with Crippen LogP contribution in [0, 0.1) is 0 Å². The van der Waals surface area contributed by atoms with Gasteiger partial charge in [-0.25, -0.2) is 19.9 Å². The third kappa shape index (κ3) is 8.15. The lowest BCUT2D eigenvalue weighted by atomic mass is 10.0. The molecule has 9 rings (SSSR count). The minimum atomic E-state index is -0.215. The summed E-state index contributed by atoms with van der Waals surface area (Å²) in [6.07, 6.45) is 14.7. The molecule has 3 aromatic carbocycles. The van der Waals surface area contributed by atoms with Crippen LogP contribution in [0.1, 0.15) is 31.2 Å². The molecule has 0 spiro atoms. The van der Waals surface area contributed by atoms with Crippen molar-refractivity contribution in [3.63, 3.8) is 0 Å². The number of nitrogens with zero attached hydrogens (tertiary/aromatic N) is 5. The number of halogens is 2. The maximum Gasteiger partial charge on any atom is 0.248 e. The second kappa shape index (κ2) is 16.3. The van der Waals surface area contributed by atoms with Gasteiger partial charge in [0, 0.05) is 94.5 Å². The Morgan fingerprint density at radius 1 is 0.789 bits per heavy atom. The van der Waals surface area contributed by atoms with Crippen LogP contribution in [0.25, 0.3) is 50.4 Å². The molecule has 2 atom stereocenters. The van der Waals surface area contributed by atoms with Crippen LogP contribution in [0.15, 0.2) is 97.6 Å². The zero-order valence-corrected chi connectivity index (χ0v) is 32.5. The van der Waals surface area contributed by atoms with Crippen molar-refractivity contribution in [2.24, 2.45) is 0 Å². The summed E-state index contributed by atoms with van der Waals surface area (Å²) in [5.74, 6) is 0.901. The van der Waals surface area contributed by atoms with Gasteiger partial charge in [-0.3, -0.25) is 4.79 Å². The third-order valence-corrected chi connectivity index (χ3v) is 11.2. The molecule has 0 bridgehead atoms. The SMILES string of the molecule is O=C(C=Cc1ccc2c(-c3nc(N[C@@H]4CCCNC4)ncc3Cl)c[nH]c2c1)Nc1ccc(N2CCC[C@@H](Nc3ncc(Cl)c(-c4c[nH]c5ccccc45)n3)C2)cc1. The quantitative estimate of drug-likeness (QED) is 0.0747. The van der Waals surface area contributed by atoms with Gasteiger partial charge in [-0.1, -0.05) is 53.5 Å². The first-order valence-electron chi connectivity index (χ1n) is 19.2. The van der Waals surface area contributed by atoms with Crippen LogP contribution in [-0.2, 0) is 4.79 Å². The number of piperidine rings is 2. The van der Waals surface area contributed by atoms with Crippen molar-refractivity contribution in [2.45, 2.75) is 37.8 Å². The van der Waals surface area contributed by atoms with Crippen molar-refractivity contribution in [3.05, 3.63) is 113 Å². The van der Waals surface area contributed by atoms with E-state index in [2.05, 4.69) is 52.2 Å². The molecular formula is C43H41Cl2N11O. The predicted octanol–water partition coefficient (Wildman–Crippen LogP) is 8.77. The maximum atomic E-state index is 13.0. The van der Waals surface area contributed by atoms with Crippen LogP contribution >= 0.6 is 23.2 Å². The number of hydrogen-bond acceptors (Lipinski definition) is 9. The molecule has 0 aliphatic carbocycles. The Morgan fingerprint density at radius 2 is 1.47 bits per heavy atom. The summed E-state index contributed by atoms with van der Waals surface area (Å²) in [4.78, 5) is 40.4. The van der Waals surface area contributed by atoms with E-state index in [1.54, 1.807) is 24.5 Å². The summed E-state index contributed by atoms with van der Waals surface area (Å²) in [7, 11) is 0. The molecule has 0 unspecified atom stereocenters. The van der Waals surface area contributed by atoms with Crippen LogP contribution in [0.4, 0.5) is 23.3 Å². The molecule has 2 fully saturated rings. The lowest BCUT2D eigenvalue weighted by Gasteiger charge is -2.35. The number of benzene rings is 3. The van der Waals surface area contributed by atoms with Gasteiger partial charge < -0.3 is 36.1 Å². The summed E-state index contributed by atoms with van der Waals surface area (Å²) < 4.78 is 0. The maximum absolute atomic E-state index is 13.0. The Balaban J connectivity index is 0.809. The molecule has 4 aromatic heterocycles. The van der Waals surface area contributed by atoms with Crippen molar-refractivity contribution in [1.82, 2.24) is 35.2 Å². The second-order valence-electron chi connectivity index (χ2n) is 14.5. The highest BCUT2D eigenvalue weighted by atomic mass is 35.5. The molecule has 0 saturated carbocycles. The van der Waals surface area contributed by atoms with Crippen LogP contribution in [0.2, 0.25) is 10.0 Å². The Labute approximate surface area is 339 Å². The van der Waals surface area contributed by atoms with E-state index in [9.17, 15) is 4.79 Å². The Hall–Kier alpha value is -5.95. The monoisotopic (exact) mass is 797 g/mol. The number of carbonyl (C=O) groups excluding carboxylic acids is 1. The van der Waals surface area contributed by atoms with Crippen LogP contribution < -0.4 is 26.2 Å². The van der Waals surface area contributed by atoms with Gasteiger partial charge in [0.15, 0.2) is 0 Å². The number of rotatable bonds is 10. The van der Waals surface area contributed by atoms with E-state index < -0.39 is 0 Å². The molecule has 14 heteroatoms. The molecule has 2 aliphatic rings. The lowest BCUT2D eigenvalue weighted by molar-refractivity contribution is -0.111. The normalized spacial score (nSPS) is 17.3. The highest BCUT2D eigenvalue weighted by Crippen LogP contribution is 2.35. The highest BCUT2D eigenvalue weighted by Gasteiger charge is 2.22. The summed E-state index contributed by atoms with van der Waals surface area (Å²) >= 11 is 13.2. The van der Waals surface area contributed by atoms with Gasteiger partial charge >= 0.3 is 0 Å². The third-order valence-electron chi connectivity index (χ3n) is 10.6. The summed E-state index contributed by atoms with van der Waals surface area (Å²) in [5, 5.41) is 16.4. The largest absolute Gasteiger partial charge is 0.369 e. The van der Waals surface area contributed by atoms with Crippen molar-refractivity contribution < 1.29 is 4.79 Å². The van der Waals surface area contributed by atoms with Gasteiger partial charge in [0.05, 0.1) is 33.8 Å². The molecule has 6 N–H and O–H groups in total. The first-order valence-corrected chi connectivity index (χ1v) is 20.0. The van der Waals surface area contributed by atoms with Crippen LogP contribution in [0.5, 0.6) is 0 Å². The number of anilines is 4. The molecule has 0 radical (unpaired) electrons. The highest BCUT2D eigenvalue weighted by molar-refractivity contribution is 6.33. The van der Waals surface area contributed by atoms with E-state index in [0.717, 1.165) is 102 Å². The number of para-hydroxylation sites is 1. The smallest absolute Gasteiger partial charge is 0.248 e. The van der Waals surface area contributed by atoms with Crippen molar-refractivity contribution in [3.8, 4) is 22.5 Å². The van der Waals surface area contributed by atoms with E-state index in [1.165, 1.54) is 0 Å². The van der Waals surface area contributed by atoms with E-state index in [-0.39, 0.29) is 18.0 Å². The molecule has 2 aliphatic heterocycles. The van der Waals surface area contributed by atoms with Crippen LogP contribution in [-0.4, -0.2) is 74.1 Å². The molecule has 1 amide bonds. The van der Waals surface area contributed by atoms with Gasteiger partial charge in [0.2, 0.25) is 17.8 Å². The fourth-order valence-corrected chi connectivity index (χ4v) is 8.13. The van der Waals surface area contributed by atoms with Gasteiger partial charge in [0.1, 0.15) is 0 Å². The first-order chi connectivity index (χ1) is 27.9. The number of hydrogen-bond donors (Lipinski definition) is 6. The lowest BCUT2D eigenvalue weighted by Crippen LogP contribution is -2.42. The predicted molar refractivity (Wildman–Crippen MR) is 231 cm³/mol. The standard InChI is InChI=1S/C43H41Cl2N11O/c44-35-24-50-43(55-40(35)33-21-47-37-8-2-1-7-31(33)37)53-29-6-4-18-56(25-29)30-13-11-27(12-14-30)51-39(57)16-10-26-9-15-32-34(22-48-38(32)19-26)41-36(45)23-49-42(54-41)52-28-5-3-17-46-20-28/h1-2,7-16,19,21-24,28-29,46-48H,3-6,17-18,20,25H2,(H,51,57)(H,49,52,54)(H,50,53,55)/t28-,29-/m1/s1. The number of aromatic amines is 2.